The zero-order chi connectivity index (χ0) is 11.3. The molecule has 1 saturated heterocycles. The number of likely N-dealkylation sites (tertiary alicyclic amines) is 1. The Morgan fingerprint density at radius 1 is 1.53 bits per heavy atom. The van der Waals surface area contributed by atoms with Crippen LogP contribution in [-0.2, 0) is 9.53 Å². The molecule has 0 bridgehead atoms. The van der Waals surface area contributed by atoms with Crippen molar-refractivity contribution in [1.29, 1.82) is 0 Å². The molecule has 1 heterocycles. The number of carbonyl (C=O) groups is 1. The van der Waals surface area contributed by atoms with Crippen LogP contribution in [0.2, 0.25) is 0 Å². The Morgan fingerprint density at radius 2 is 2.13 bits per heavy atom. The molecule has 0 saturated carbocycles. The van der Waals surface area contributed by atoms with E-state index in [0.29, 0.717) is 5.92 Å². The van der Waals surface area contributed by atoms with Gasteiger partial charge in [-0.05, 0) is 32.1 Å². The van der Waals surface area contributed by atoms with Crippen molar-refractivity contribution >= 4 is 5.91 Å². The van der Waals surface area contributed by atoms with Gasteiger partial charge in [-0.1, -0.05) is 0 Å². The third-order valence-corrected chi connectivity index (χ3v) is 3.05. The highest BCUT2D eigenvalue weighted by Crippen LogP contribution is 2.20. The zero-order valence-electron chi connectivity index (χ0n) is 9.74. The van der Waals surface area contributed by atoms with Gasteiger partial charge in [-0.25, -0.2) is 0 Å². The minimum Gasteiger partial charge on any atom is -0.385 e. The van der Waals surface area contributed by atoms with Crippen LogP contribution in [0.5, 0.6) is 0 Å². The summed E-state index contributed by atoms with van der Waals surface area (Å²) in [4.78, 5) is 13.5. The second-order valence-electron chi connectivity index (χ2n) is 4.34. The van der Waals surface area contributed by atoms with E-state index in [1.54, 1.807) is 14.0 Å². The average Bonchev–Trinajstić information content (AvgIpc) is 2.26. The Morgan fingerprint density at radius 3 is 2.60 bits per heavy atom. The van der Waals surface area contributed by atoms with Gasteiger partial charge in [0.05, 0.1) is 6.04 Å². The van der Waals surface area contributed by atoms with E-state index in [9.17, 15) is 4.79 Å². The summed E-state index contributed by atoms with van der Waals surface area (Å²) in [5, 5.41) is 0. The molecule has 1 fully saturated rings. The van der Waals surface area contributed by atoms with Gasteiger partial charge in [0.25, 0.3) is 0 Å². The van der Waals surface area contributed by atoms with Crippen LogP contribution in [0, 0.1) is 5.92 Å². The number of hydrogen-bond donors (Lipinski definition) is 1. The van der Waals surface area contributed by atoms with E-state index in [1.165, 1.54) is 0 Å². The Balaban J connectivity index is 2.26. The van der Waals surface area contributed by atoms with E-state index in [2.05, 4.69) is 0 Å². The van der Waals surface area contributed by atoms with Crippen LogP contribution in [0.15, 0.2) is 0 Å². The van der Waals surface area contributed by atoms with Crippen molar-refractivity contribution in [3.05, 3.63) is 0 Å². The topological polar surface area (TPSA) is 55.6 Å². The third-order valence-electron chi connectivity index (χ3n) is 3.05. The SMILES string of the molecule is COCCC1CCN(C(=O)C(C)N)CC1. The minimum absolute atomic E-state index is 0.0835. The molecule has 4 nitrogen and oxygen atoms in total. The number of hydrogen-bond acceptors (Lipinski definition) is 3. The lowest BCUT2D eigenvalue weighted by molar-refractivity contribution is -0.133. The van der Waals surface area contributed by atoms with Gasteiger partial charge in [0.15, 0.2) is 0 Å². The highest BCUT2D eigenvalue weighted by Gasteiger charge is 2.23. The maximum atomic E-state index is 11.6. The van der Waals surface area contributed by atoms with Gasteiger partial charge in [-0.2, -0.15) is 0 Å². The van der Waals surface area contributed by atoms with E-state index >= 15 is 0 Å². The standard InChI is InChI=1S/C11H22N2O2/c1-9(12)11(14)13-6-3-10(4-7-13)5-8-15-2/h9-10H,3-8,12H2,1-2H3. The van der Waals surface area contributed by atoms with E-state index in [-0.39, 0.29) is 11.9 Å². The zero-order valence-corrected chi connectivity index (χ0v) is 9.74. The van der Waals surface area contributed by atoms with Crippen LogP contribution in [0.4, 0.5) is 0 Å². The number of rotatable bonds is 4. The van der Waals surface area contributed by atoms with Crippen molar-refractivity contribution in [1.82, 2.24) is 4.90 Å². The molecule has 88 valence electrons. The molecule has 0 radical (unpaired) electrons. The third kappa shape index (κ3) is 3.80. The van der Waals surface area contributed by atoms with Gasteiger partial charge in [0, 0.05) is 26.8 Å². The van der Waals surface area contributed by atoms with Crippen molar-refractivity contribution in [3.63, 3.8) is 0 Å². The highest BCUT2D eigenvalue weighted by molar-refractivity contribution is 5.81. The Hall–Kier alpha value is -0.610. The number of carbonyl (C=O) groups excluding carboxylic acids is 1. The fraction of sp³-hybridized carbons (Fsp3) is 0.909. The summed E-state index contributed by atoms with van der Waals surface area (Å²) >= 11 is 0. The first-order valence-corrected chi connectivity index (χ1v) is 5.68. The maximum Gasteiger partial charge on any atom is 0.239 e. The second kappa shape index (κ2) is 6.08. The fourth-order valence-electron chi connectivity index (χ4n) is 2.01. The molecule has 0 aliphatic carbocycles. The molecule has 1 atom stereocenters. The quantitative estimate of drug-likeness (QED) is 0.746. The summed E-state index contributed by atoms with van der Waals surface area (Å²) in [5.74, 6) is 0.794. The van der Waals surface area contributed by atoms with E-state index in [4.69, 9.17) is 10.5 Å². The van der Waals surface area contributed by atoms with Crippen molar-refractivity contribution in [2.45, 2.75) is 32.2 Å². The molecular formula is C11H22N2O2. The van der Waals surface area contributed by atoms with Gasteiger partial charge in [0.1, 0.15) is 0 Å². The molecule has 1 aliphatic rings. The van der Waals surface area contributed by atoms with Crippen molar-refractivity contribution < 1.29 is 9.53 Å². The molecule has 1 rings (SSSR count). The van der Waals surface area contributed by atoms with Crippen LogP contribution in [0.3, 0.4) is 0 Å². The molecule has 1 unspecified atom stereocenters. The van der Waals surface area contributed by atoms with Gasteiger partial charge in [0.2, 0.25) is 5.91 Å². The summed E-state index contributed by atoms with van der Waals surface area (Å²) in [5.41, 5.74) is 5.57. The van der Waals surface area contributed by atoms with E-state index in [0.717, 1.165) is 39.0 Å². The Kier molecular flexibility index (Phi) is 5.05. The van der Waals surface area contributed by atoms with Gasteiger partial charge in [-0.15, -0.1) is 0 Å². The molecule has 4 heteroatoms. The molecule has 0 aromatic rings. The van der Waals surface area contributed by atoms with Crippen LogP contribution in [0.1, 0.15) is 26.2 Å². The number of ether oxygens (including phenoxy) is 1. The summed E-state index contributed by atoms with van der Waals surface area (Å²) in [6.45, 7) is 4.29. The van der Waals surface area contributed by atoms with Crippen LogP contribution >= 0.6 is 0 Å². The van der Waals surface area contributed by atoms with Gasteiger partial charge in [-0.3, -0.25) is 4.79 Å². The summed E-state index contributed by atoms with van der Waals surface area (Å²) in [6, 6.07) is -0.361. The van der Waals surface area contributed by atoms with Crippen molar-refractivity contribution in [2.24, 2.45) is 11.7 Å². The first-order valence-electron chi connectivity index (χ1n) is 5.68. The highest BCUT2D eigenvalue weighted by atomic mass is 16.5. The largest absolute Gasteiger partial charge is 0.385 e. The maximum absolute atomic E-state index is 11.6. The van der Waals surface area contributed by atoms with Crippen molar-refractivity contribution in [2.75, 3.05) is 26.8 Å². The predicted octanol–water partition coefficient (Wildman–Crippen LogP) is 0.609. The molecule has 0 aromatic heterocycles. The lowest BCUT2D eigenvalue weighted by atomic mass is 9.93. The van der Waals surface area contributed by atoms with Crippen LogP contribution in [-0.4, -0.2) is 43.7 Å². The lowest BCUT2D eigenvalue weighted by Crippen LogP contribution is -2.46. The lowest BCUT2D eigenvalue weighted by Gasteiger charge is -2.32. The number of methoxy groups -OCH3 is 1. The number of piperidine rings is 1. The molecule has 1 amide bonds. The van der Waals surface area contributed by atoms with Crippen LogP contribution < -0.4 is 5.73 Å². The summed E-state index contributed by atoms with van der Waals surface area (Å²) in [7, 11) is 1.73. The summed E-state index contributed by atoms with van der Waals surface area (Å²) < 4.78 is 5.06. The minimum atomic E-state index is -0.361. The first-order chi connectivity index (χ1) is 7.15. The average molecular weight is 214 g/mol. The molecule has 2 N–H and O–H groups in total. The Bertz CT molecular complexity index is 199. The fourth-order valence-corrected chi connectivity index (χ4v) is 2.01. The monoisotopic (exact) mass is 214 g/mol. The number of nitrogens with zero attached hydrogens (tertiary/aromatic N) is 1. The molecule has 1 aliphatic heterocycles. The normalized spacial score (nSPS) is 20.3. The molecule has 15 heavy (non-hydrogen) atoms. The van der Waals surface area contributed by atoms with Gasteiger partial charge < -0.3 is 15.4 Å². The van der Waals surface area contributed by atoms with E-state index < -0.39 is 0 Å². The molecule has 0 aromatic carbocycles. The van der Waals surface area contributed by atoms with Crippen LogP contribution in [0.25, 0.3) is 0 Å². The smallest absolute Gasteiger partial charge is 0.239 e. The second-order valence-corrected chi connectivity index (χ2v) is 4.34. The number of nitrogens with two attached hydrogens (primary N) is 1. The number of amides is 1. The summed E-state index contributed by atoms with van der Waals surface area (Å²) in [6.07, 6.45) is 3.28. The molecule has 0 spiro atoms. The van der Waals surface area contributed by atoms with Crippen molar-refractivity contribution in [3.8, 4) is 0 Å². The predicted molar refractivity (Wildman–Crippen MR) is 59.4 cm³/mol. The van der Waals surface area contributed by atoms with Gasteiger partial charge >= 0.3 is 0 Å². The first kappa shape index (κ1) is 12.5. The van der Waals surface area contributed by atoms with E-state index in [1.807, 2.05) is 4.90 Å². The molecular weight excluding hydrogens is 192 g/mol. The Labute approximate surface area is 91.8 Å².